The van der Waals surface area contributed by atoms with Crippen LogP contribution in [0.3, 0.4) is 0 Å². The zero-order valence-electron chi connectivity index (χ0n) is 12.7. The van der Waals surface area contributed by atoms with E-state index in [1.54, 1.807) is 19.2 Å². The van der Waals surface area contributed by atoms with E-state index in [1.807, 2.05) is 36.4 Å². The van der Waals surface area contributed by atoms with Crippen molar-refractivity contribution in [3.05, 3.63) is 65.7 Å². The Hall–Kier alpha value is -2.66. The molecule has 0 unspecified atom stereocenters. The molecule has 0 aromatic heterocycles. The first-order valence-electron chi connectivity index (χ1n) is 6.96. The van der Waals surface area contributed by atoms with Gasteiger partial charge in [0.05, 0.1) is 19.4 Å². The van der Waals surface area contributed by atoms with E-state index in [0.29, 0.717) is 10.7 Å². The van der Waals surface area contributed by atoms with Crippen LogP contribution in [0.25, 0.3) is 5.70 Å². The fraction of sp³-hybridized carbons (Fsp3) is 0.118. The summed E-state index contributed by atoms with van der Waals surface area (Å²) in [6.07, 6.45) is 0. The number of hydrogen-bond acceptors (Lipinski definition) is 4. The number of benzene rings is 2. The molecule has 0 spiro atoms. The normalized spacial score (nSPS) is 9.83. The van der Waals surface area contributed by atoms with Gasteiger partial charge in [0.1, 0.15) is 5.75 Å². The lowest BCUT2D eigenvalue weighted by Crippen LogP contribution is -2.39. The summed E-state index contributed by atoms with van der Waals surface area (Å²) in [4.78, 5) is 11.8. The molecule has 6 heteroatoms. The van der Waals surface area contributed by atoms with E-state index >= 15 is 0 Å². The third kappa shape index (κ3) is 5.23. The Kier molecular flexibility index (Phi) is 5.88. The average Bonchev–Trinajstić information content (AvgIpc) is 2.58. The van der Waals surface area contributed by atoms with Crippen LogP contribution in [0.4, 0.5) is 5.69 Å². The lowest BCUT2D eigenvalue weighted by Gasteiger charge is -2.12. The topological polar surface area (TPSA) is 62.4 Å². The first-order valence-corrected chi connectivity index (χ1v) is 7.34. The summed E-state index contributed by atoms with van der Waals surface area (Å²) in [6, 6.07) is 14.5. The maximum absolute atomic E-state index is 11.8. The van der Waals surface area contributed by atoms with Gasteiger partial charge in [-0.1, -0.05) is 24.2 Å². The van der Waals surface area contributed by atoms with Gasteiger partial charge in [-0.15, -0.1) is 0 Å². The highest BCUT2D eigenvalue weighted by Crippen LogP contribution is 2.15. The molecule has 2 rings (SSSR count). The van der Waals surface area contributed by atoms with E-state index in [4.69, 9.17) is 16.3 Å². The molecule has 0 aliphatic rings. The molecule has 2 aromatic rings. The average molecular weight is 332 g/mol. The number of ether oxygens (including phenoxy) is 1. The van der Waals surface area contributed by atoms with E-state index in [-0.39, 0.29) is 12.5 Å². The van der Waals surface area contributed by atoms with Gasteiger partial charge >= 0.3 is 0 Å². The van der Waals surface area contributed by atoms with Crippen molar-refractivity contribution in [3.8, 4) is 5.75 Å². The minimum Gasteiger partial charge on any atom is -0.497 e. The Morgan fingerprint density at radius 3 is 2.57 bits per heavy atom. The van der Waals surface area contributed by atoms with E-state index < -0.39 is 0 Å². The van der Waals surface area contributed by atoms with Crippen molar-refractivity contribution in [2.24, 2.45) is 0 Å². The zero-order valence-corrected chi connectivity index (χ0v) is 13.5. The molecule has 0 bridgehead atoms. The van der Waals surface area contributed by atoms with Gasteiger partial charge in [-0.25, -0.2) is 0 Å². The van der Waals surface area contributed by atoms with Crippen molar-refractivity contribution < 1.29 is 9.53 Å². The summed E-state index contributed by atoms with van der Waals surface area (Å²) in [7, 11) is 1.61. The van der Waals surface area contributed by atoms with Gasteiger partial charge in [0.2, 0.25) is 0 Å². The maximum atomic E-state index is 11.8. The summed E-state index contributed by atoms with van der Waals surface area (Å²) in [5.41, 5.74) is 7.58. The summed E-state index contributed by atoms with van der Waals surface area (Å²) in [5.74, 6) is 0.538. The standard InChI is InChI=1S/C17H18ClN3O2/c1-12(13-6-8-16(23-2)9-7-13)20-21-17(22)11-19-15-5-3-4-14(18)10-15/h3-10,19-20H,1,11H2,2H3,(H,21,22). The highest BCUT2D eigenvalue weighted by atomic mass is 35.5. The molecule has 2 aromatic carbocycles. The molecular formula is C17H18ClN3O2. The SMILES string of the molecule is C=C(NNC(=O)CNc1cccc(Cl)c1)c1ccc(OC)cc1. The van der Waals surface area contributed by atoms with Crippen molar-refractivity contribution in [1.29, 1.82) is 0 Å². The second-order valence-electron chi connectivity index (χ2n) is 4.74. The van der Waals surface area contributed by atoms with Gasteiger partial charge < -0.3 is 10.1 Å². The predicted octanol–water partition coefficient (Wildman–Crippen LogP) is 3.05. The van der Waals surface area contributed by atoms with Crippen LogP contribution < -0.4 is 20.9 Å². The number of carbonyl (C=O) groups excluding carboxylic acids is 1. The molecular weight excluding hydrogens is 314 g/mol. The molecule has 0 saturated carbocycles. The minimum absolute atomic E-state index is 0.114. The number of halogens is 1. The lowest BCUT2D eigenvalue weighted by molar-refractivity contribution is -0.120. The highest BCUT2D eigenvalue weighted by Gasteiger charge is 2.03. The molecule has 0 aliphatic heterocycles. The molecule has 0 radical (unpaired) electrons. The first-order chi connectivity index (χ1) is 11.1. The molecule has 120 valence electrons. The Morgan fingerprint density at radius 2 is 1.91 bits per heavy atom. The number of hydrazine groups is 1. The highest BCUT2D eigenvalue weighted by molar-refractivity contribution is 6.30. The molecule has 0 saturated heterocycles. The van der Waals surface area contributed by atoms with Crippen LogP contribution in [0.1, 0.15) is 5.56 Å². The van der Waals surface area contributed by atoms with Gasteiger partial charge in [0, 0.05) is 10.7 Å². The third-order valence-electron chi connectivity index (χ3n) is 3.07. The van der Waals surface area contributed by atoms with Crippen LogP contribution in [-0.4, -0.2) is 19.6 Å². The maximum Gasteiger partial charge on any atom is 0.257 e. The smallest absolute Gasteiger partial charge is 0.257 e. The minimum atomic E-state index is -0.223. The molecule has 0 heterocycles. The molecule has 5 nitrogen and oxygen atoms in total. The van der Waals surface area contributed by atoms with E-state index in [9.17, 15) is 4.79 Å². The molecule has 0 fully saturated rings. The van der Waals surface area contributed by atoms with E-state index in [2.05, 4.69) is 22.7 Å². The van der Waals surface area contributed by atoms with Crippen LogP contribution in [0.2, 0.25) is 5.02 Å². The summed E-state index contributed by atoms with van der Waals surface area (Å²) >= 11 is 5.88. The number of methoxy groups -OCH3 is 1. The second-order valence-corrected chi connectivity index (χ2v) is 5.18. The molecule has 3 N–H and O–H groups in total. The Morgan fingerprint density at radius 1 is 1.17 bits per heavy atom. The van der Waals surface area contributed by atoms with E-state index in [1.165, 1.54) is 0 Å². The summed E-state index contributed by atoms with van der Waals surface area (Å²) < 4.78 is 5.09. The van der Waals surface area contributed by atoms with Gasteiger partial charge in [-0.05, 0) is 48.0 Å². The Balaban J connectivity index is 1.78. The zero-order chi connectivity index (χ0) is 16.7. The van der Waals surface area contributed by atoms with Crippen molar-refractivity contribution in [2.75, 3.05) is 19.0 Å². The van der Waals surface area contributed by atoms with Crippen molar-refractivity contribution in [1.82, 2.24) is 10.9 Å². The number of anilines is 1. The fourth-order valence-corrected chi connectivity index (χ4v) is 2.02. The molecule has 23 heavy (non-hydrogen) atoms. The number of rotatable bonds is 7. The summed E-state index contributed by atoms with van der Waals surface area (Å²) in [5, 5.41) is 3.59. The van der Waals surface area contributed by atoms with Gasteiger partial charge in [0.15, 0.2) is 0 Å². The number of amides is 1. The largest absolute Gasteiger partial charge is 0.497 e. The van der Waals surface area contributed by atoms with Crippen LogP contribution in [0.15, 0.2) is 55.1 Å². The third-order valence-corrected chi connectivity index (χ3v) is 3.30. The number of hydrogen-bond donors (Lipinski definition) is 3. The van der Waals surface area contributed by atoms with Gasteiger partial charge in [-0.2, -0.15) is 0 Å². The van der Waals surface area contributed by atoms with E-state index in [0.717, 1.165) is 17.0 Å². The summed E-state index contributed by atoms with van der Waals surface area (Å²) in [6.45, 7) is 3.99. The molecule has 0 aliphatic carbocycles. The van der Waals surface area contributed by atoms with Crippen LogP contribution in [0.5, 0.6) is 5.75 Å². The number of nitrogens with one attached hydrogen (secondary N) is 3. The fourth-order valence-electron chi connectivity index (χ4n) is 1.83. The van der Waals surface area contributed by atoms with Crippen molar-refractivity contribution in [2.45, 2.75) is 0 Å². The van der Waals surface area contributed by atoms with Crippen LogP contribution >= 0.6 is 11.6 Å². The van der Waals surface area contributed by atoms with Crippen LogP contribution in [-0.2, 0) is 4.79 Å². The first kappa shape index (κ1) is 16.7. The second kappa shape index (κ2) is 8.10. The van der Waals surface area contributed by atoms with Gasteiger partial charge in [-0.3, -0.25) is 15.6 Å². The predicted molar refractivity (Wildman–Crippen MR) is 93.2 cm³/mol. The lowest BCUT2D eigenvalue weighted by atomic mass is 10.2. The quantitative estimate of drug-likeness (QED) is 0.682. The molecule has 0 atom stereocenters. The Labute approximate surface area is 140 Å². The number of carbonyl (C=O) groups is 1. The van der Waals surface area contributed by atoms with Gasteiger partial charge in [0.25, 0.3) is 5.91 Å². The Bertz CT molecular complexity index is 686. The van der Waals surface area contributed by atoms with Crippen LogP contribution in [0, 0.1) is 0 Å². The van der Waals surface area contributed by atoms with Crippen molar-refractivity contribution in [3.63, 3.8) is 0 Å². The van der Waals surface area contributed by atoms with Crippen molar-refractivity contribution >= 4 is 28.9 Å². The molecule has 1 amide bonds. The monoisotopic (exact) mass is 331 g/mol.